The number of para-hydroxylation sites is 1. The van der Waals surface area contributed by atoms with Crippen LogP contribution in [0.25, 0.3) is 0 Å². The van der Waals surface area contributed by atoms with Crippen molar-refractivity contribution in [3.63, 3.8) is 0 Å². The molecule has 1 fully saturated rings. The Morgan fingerprint density at radius 2 is 2.20 bits per heavy atom. The third-order valence-corrected chi connectivity index (χ3v) is 2.50. The molecule has 1 unspecified atom stereocenters. The molecule has 76 valence electrons. The summed E-state index contributed by atoms with van der Waals surface area (Å²) in [7, 11) is 0. The van der Waals surface area contributed by atoms with E-state index in [1.54, 1.807) is 18.2 Å². The van der Waals surface area contributed by atoms with Gasteiger partial charge >= 0.3 is 0 Å². The monoisotopic (exact) mass is 201 g/mol. The van der Waals surface area contributed by atoms with Crippen LogP contribution in [-0.4, -0.2) is 11.9 Å². The van der Waals surface area contributed by atoms with Crippen molar-refractivity contribution in [2.45, 2.75) is 25.4 Å². The molecule has 1 aliphatic rings. The SMILES string of the molecule is N#Cc1ccccc1OC1CCC(=O)C1. The van der Waals surface area contributed by atoms with Gasteiger partial charge in [-0.05, 0) is 18.6 Å². The predicted octanol–water partition coefficient (Wildman–Crippen LogP) is 2.06. The van der Waals surface area contributed by atoms with Crippen molar-refractivity contribution in [2.75, 3.05) is 0 Å². The zero-order valence-corrected chi connectivity index (χ0v) is 8.27. The van der Waals surface area contributed by atoms with Gasteiger partial charge in [0.2, 0.25) is 0 Å². The van der Waals surface area contributed by atoms with Crippen molar-refractivity contribution < 1.29 is 9.53 Å². The first-order valence-corrected chi connectivity index (χ1v) is 4.97. The number of carbonyl (C=O) groups excluding carboxylic acids is 1. The average Bonchev–Trinajstić information content (AvgIpc) is 2.65. The molecule has 0 aliphatic heterocycles. The van der Waals surface area contributed by atoms with E-state index in [0.717, 1.165) is 6.42 Å². The van der Waals surface area contributed by atoms with Crippen molar-refractivity contribution >= 4 is 5.78 Å². The molecule has 3 heteroatoms. The van der Waals surface area contributed by atoms with Crippen molar-refractivity contribution in [2.24, 2.45) is 0 Å². The number of benzene rings is 1. The van der Waals surface area contributed by atoms with Crippen LogP contribution in [-0.2, 0) is 4.79 Å². The quantitative estimate of drug-likeness (QED) is 0.735. The highest BCUT2D eigenvalue weighted by Gasteiger charge is 2.24. The summed E-state index contributed by atoms with van der Waals surface area (Å²) in [6.07, 6.45) is 1.78. The number of ether oxygens (including phenoxy) is 1. The summed E-state index contributed by atoms with van der Waals surface area (Å²) >= 11 is 0. The Morgan fingerprint density at radius 3 is 2.87 bits per heavy atom. The molecule has 15 heavy (non-hydrogen) atoms. The Bertz CT molecular complexity index is 420. The smallest absolute Gasteiger partial charge is 0.137 e. The molecule has 1 aromatic rings. The van der Waals surface area contributed by atoms with Crippen LogP contribution in [0.2, 0.25) is 0 Å². The molecular formula is C12H11NO2. The van der Waals surface area contributed by atoms with Crippen molar-refractivity contribution in [1.29, 1.82) is 5.26 Å². The summed E-state index contributed by atoms with van der Waals surface area (Å²) in [6.45, 7) is 0. The summed E-state index contributed by atoms with van der Waals surface area (Å²) in [6, 6.07) is 9.17. The Morgan fingerprint density at radius 1 is 1.40 bits per heavy atom. The van der Waals surface area contributed by atoms with E-state index in [4.69, 9.17) is 10.00 Å². The number of carbonyl (C=O) groups is 1. The second kappa shape index (κ2) is 4.14. The molecule has 2 rings (SSSR count). The molecule has 0 N–H and O–H groups in total. The lowest BCUT2D eigenvalue weighted by Crippen LogP contribution is -2.12. The number of nitriles is 1. The predicted molar refractivity (Wildman–Crippen MR) is 54.4 cm³/mol. The zero-order valence-electron chi connectivity index (χ0n) is 8.27. The summed E-state index contributed by atoms with van der Waals surface area (Å²) in [5, 5.41) is 8.85. The largest absolute Gasteiger partial charge is 0.489 e. The highest BCUT2D eigenvalue weighted by Crippen LogP contribution is 2.24. The van der Waals surface area contributed by atoms with Gasteiger partial charge in [-0.15, -0.1) is 0 Å². The molecule has 0 aromatic heterocycles. The maximum absolute atomic E-state index is 11.1. The topological polar surface area (TPSA) is 50.1 Å². The van der Waals surface area contributed by atoms with Crippen LogP contribution in [0, 0.1) is 11.3 Å². The fourth-order valence-electron chi connectivity index (χ4n) is 1.72. The van der Waals surface area contributed by atoms with Crippen LogP contribution >= 0.6 is 0 Å². The maximum Gasteiger partial charge on any atom is 0.137 e. The molecule has 1 aliphatic carbocycles. The Balaban J connectivity index is 2.11. The third kappa shape index (κ3) is 2.16. The fourth-order valence-corrected chi connectivity index (χ4v) is 1.72. The first-order chi connectivity index (χ1) is 7.29. The Labute approximate surface area is 88.3 Å². The van der Waals surface area contributed by atoms with Gasteiger partial charge in [0.15, 0.2) is 0 Å². The highest BCUT2D eigenvalue weighted by atomic mass is 16.5. The maximum atomic E-state index is 11.1. The molecular weight excluding hydrogens is 190 g/mol. The van der Waals surface area contributed by atoms with Crippen LogP contribution in [0.5, 0.6) is 5.75 Å². The van der Waals surface area contributed by atoms with Crippen LogP contribution in [0.1, 0.15) is 24.8 Å². The van der Waals surface area contributed by atoms with E-state index in [0.29, 0.717) is 24.2 Å². The third-order valence-electron chi connectivity index (χ3n) is 2.50. The molecule has 0 spiro atoms. The van der Waals surface area contributed by atoms with E-state index >= 15 is 0 Å². The van der Waals surface area contributed by atoms with E-state index in [1.165, 1.54) is 0 Å². The number of ketones is 1. The molecule has 0 bridgehead atoms. The summed E-state index contributed by atoms with van der Waals surface area (Å²) < 4.78 is 5.62. The van der Waals surface area contributed by atoms with Crippen molar-refractivity contribution in [1.82, 2.24) is 0 Å². The van der Waals surface area contributed by atoms with Gasteiger partial charge < -0.3 is 4.74 Å². The van der Waals surface area contributed by atoms with Crippen LogP contribution in [0.3, 0.4) is 0 Å². The summed E-state index contributed by atoms with van der Waals surface area (Å²) in [5.41, 5.74) is 0.525. The van der Waals surface area contributed by atoms with Gasteiger partial charge in [0.1, 0.15) is 23.7 Å². The first-order valence-electron chi connectivity index (χ1n) is 4.97. The molecule has 0 heterocycles. The summed E-state index contributed by atoms with van der Waals surface area (Å²) in [5.74, 6) is 0.828. The molecule has 0 radical (unpaired) electrons. The van der Waals surface area contributed by atoms with Gasteiger partial charge in [0.05, 0.1) is 5.56 Å². The minimum Gasteiger partial charge on any atom is -0.489 e. The van der Waals surface area contributed by atoms with Gasteiger partial charge in [0, 0.05) is 12.8 Å². The molecule has 1 atom stereocenters. The highest BCUT2D eigenvalue weighted by molar-refractivity contribution is 5.81. The van der Waals surface area contributed by atoms with E-state index in [1.807, 2.05) is 6.07 Å². The van der Waals surface area contributed by atoms with Crippen LogP contribution in [0.4, 0.5) is 0 Å². The number of hydrogen-bond donors (Lipinski definition) is 0. The lowest BCUT2D eigenvalue weighted by molar-refractivity contribution is -0.117. The Hall–Kier alpha value is -1.82. The normalized spacial score (nSPS) is 19.9. The molecule has 0 amide bonds. The minimum absolute atomic E-state index is 0.0491. The number of nitrogens with zero attached hydrogens (tertiary/aromatic N) is 1. The van der Waals surface area contributed by atoms with E-state index in [-0.39, 0.29) is 11.9 Å². The molecule has 3 nitrogen and oxygen atoms in total. The lowest BCUT2D eigenvalue weighted by atomic mass is 10.2. The standard InChI is InChI=1S/C12H11NO2/c13-8-9-3-1-2-4-12(9)15-11-6-5-10(14)7-11/h1-4,11H,5-7H2. The second-order valence-electron chi connectivity index (χ2n) is 3.63. The van der Waals surface area contributed by atoms with Crippen LogP contribution in [0.15, 0.2) is 24.3 Å². The first kappa shape index (κ1) is 9.72. The minimum atomic E-state index is -0.0491. The summed E-state index contributed by atoms with van der Waals surface area (Å²) in [4.78, 5) is 11.1. The molecule has 1 aromatic carbocycles. The number of rotatable bonds is 2. The lowest BCUT2D eigenvalue weighted by Gasteiger charge is -2.12. The van der Waals surface area contributed by atoms with Gasteiger partial charge in [-0.25, -0.2) is 0 Å². The van der Waals surface area contributed by atoms with E-state index in [2.05, 4.69) is 6.07 Å². The van der Waals surface area contributed by atoms with Gasteiger partial charge in [-0.3, -0.25) is 4.79 Å². The van der Waals surface area contributed by atoms with Gasteiger partial charge in [-0.2, -0.15) is 5.26 Å². The Kier molecular flexibility index (Phi) is 2.68. The molecule has 0 saturated heterocycles. The van der Waals surface area contributed by atoms with Crippen molar-refractivity contribution in [3.8, 4) is 11.8 Å². The van der Waals surface area contributed by atoms with E-state index < -0.39 is 0 Å². The van der Waals surface area contributed by atoms with Gasteiger partial charge in [-0.1, -0.05) is 12.1 Å². The number of hydrogen-bond acceptors (Lipinski definition) is 3. The molecule has 1 saturated carbocycles. The van der Waals surface area contributed by atoms with Crippen LogP contribution < -0.4 is 4.74 Å². The average molecular weight is 201 g/mol. The van der Waals surface area contributed by atoms with Crippen molar-refractivity contribution in [3.05, 3.63) is 29.8 Å². The fraction of sp³-hybridized carbons (Fsp3) is 0.333. The van der Waals surface area contributed by atoms with Gasteiger partial charge in [0.25, 0.3) is 0 Å². The number of Topliss-reactive ketones (excluding diaryl/α,β-unsaturated/α-hetero) is 1. The second-order valence-corrected chi connectivity index (χ2v) is 3.63. The zero-order chi connectivity index (χ0) is 10.7. The van der Waals surface area contributed by atoms with E-state index in [9.17, 15) is 4.79 Å².